The molecule has 2 unspecified atom stereocenters. The molecule has 0 aliphatic heterocycles. The van der Waals surface area contributed by atoms with E-state index in [0.717, 1.165) is 25.9 Å². The zero-order valence-corrected chi connectivity index (χ0v) is 17.2. The van der Waals surface area contributed by atoms with Gasteiger partial charge < -0.3 is 4.43 Å². The molecule has 1 saturated carbocycles. The molecule has 0 N–H and O–H groups in total. The molecule has 23 heavy (non-hydrogen) atoms. The fraction of sp³-hybridized carbons (Fsp3) is 0.850. The fourth-order valence-electron chi connectivity index (χ4n) is 3.29. The molecule has 0 aromatic carbocycles. The first kappa shape index (κ1) is 20.6. The van der Waals surface area contributed by atoms with E-state index in [1.54, 1.807) is 0 Å². The third kappa shape index (κ3) is 9.46. The Morgan fingerprint density at radius 3 is 2.61 bits per heavy atom. The van der Waals surface area contributed by atoms with Crippen LogP contribution in [-0.4, -0.2) is 21.4 Å². The lowest BCUT2D eigenvalue weighted by Crippen LogP contribution is -2.19. The highest BCUT2D eigenvalue weighted by Gasteiger charge is 2.23. The molecule has 0 heterocycles. The van der Waals surface area contributed by atoms with E-state index in [4.69, 9.17) is 4.43 Å². The minimum Gasteiger partial charge on any atom is -0.421 e. The predicted octanol–water partition coefficient (Wildman–Crippen LogP) is 5.52. The van der Waals surface area contributed by atoms with Gasteiger partial charge >= 0.3 is 0 Å². The van der Waals surface area contributed by atoms with Crippen molar-refractivity contribution in [2.45, 2.75) is 85.2 Å². The van der Waals surface area contributed by atoms with Gasteiger partial charge in [-0.1, -0.05) is 45.8 Å². The van der Waals surface area contributed by atoms with Crippen molar-refractivity contribution < 1.29 is 9.22 Å². The van der Waals surface area contributed by atoms with Gasteiger partial charge in [-0.2, -0.15) is 0 Å². The SMILES string of the molecule is C[SiH](C)OCCCCCC(C=CC1CCCC(=O)C1)C(C)(C)C. The Kier molecular flexibility index (Phi) is 9.37. The molecule has 0 spiro atoms. The van der Waals surface area contributed by atoms with Crippen molar-refractivity contribution in [2.24, 2.45) is 17.3 Å². The highest BCUT2D eigenvalue weighted by atomic mass is 28.3. The molecule has 0 aromatic rings. The van der Waals surface area contributed by atoms with Crippen LogP contribution in [0.15, 0.2) is 12.2 Å². The molecule has 1 rings (SSSR count). The van der Waals surface area contributed by atoms with Crippen molar-refractivity contribution in [1.29, 1.82) is 0 Å². The molecular formula is C20H38O2Si. The van der Waals surface area contributed by atoms with Crippen LogP contribution in [0.4, 0.5) is 0 Å². The minimum absolute atomic E-state index is 0.302. The molecule has 2 atom stereocenters. The fourth-order valence-corrected chi connectivity index (χ4v) is 3.93. The third-order valence-corrected chi connectivity index (χ3v) is 5.76. The lowest BCUT2D eigenvalue weighted by molar-refractivity contribution is -0.121. The van der Waals surface area contributed by atoms with Crippen LogP contribution < -0.4 is 0 Å². The third-order valence-electron chi connectivity index (χ3n) is 4.86. The maximum atomic E-state index is 11.6. The number of ketones is 1. The van der Waals surface area contributed by atoms with E-state index < -0.39 is 9.04 Å². The average molecular weight is 339 g/mol. The summed E-state index contributed by atoms with van der Waals surface area (Å²) in [4.78, 5) is 11.6. The quantitative estimate of drug-likeness (QED) is 0.314. The van der Waals surface area contributed by atoms with Gasteiger partial charge in [0.05, 0.1) is 0 Å². The molecule has 0 aromatic heterocycles. The van der Waals surface area contributed by atoms with Gasteiger partial charge in [0.1, 0.15) is 5.78 Å². The Hall–Kier alpha value is -0.413. The monoisotopic (exact) mass is 338 g/mol. The summed E-state index contributed by atoms with van der Waals surface area (Å²) in [5.74, 6) is 1.55. The smallest absolute Gasteiger partial charge is 0.170 e. The summed E-state index contributed by atoms with van der Waals surface area (Å²) in [6.45, 7) is 12.4. The number of carbonyl (C=O) groups excluding carboxylic acids is 1. The number of allylic oxidation sites excluding steroid dienone is 2. The van der Waals surface area contributed by atoms with E-state index in [0.29, 0.717) is 23.0 Å². The molecular weight excluding hydrogens is 300 g/mol. The van der Waals surface area contributed by atoms with Gasteiger partial charge in [-0.05, 0) is 56.0 Å². The second kappa shape index (κ2) is 10.5. The summed E-state index contributed by atoms with van der Waals surface area (Å²) >= 11 is 0. The topological polar surface area (TPSA) is 26.3 Å². The zero-order valence-electron chi connectivity index (χ0n) is 16.1. The van der Waals surface area contributed by atoms with Crippen LogP contribution in [-0.2, 0) is 9.22 Å². The summed E-state index contributed by atoms with van der Waals surface area (Å²) in [5.41, 5.74) is 0.302. The number of Topliss-reactive ketones (excluding diaryl/α,β-unsaturated/α-hetero) is 1. The van der Waals surface area contributed by atoms with Crippen molar-refractivity contribution in [3.05, 3.63) is 12.2 Å². The van der Waals surface area contributed by atoms with Crippen LogP contribution in [0.5, 0.6) is 0 Å². The van der Waals surface area contributed by atoms with Crippen LogP contribution in [0, 0.1) is 17.3 Å². The van der Waals surface area contributed by atoms with Gasteiger partial charge in [-0.3, -0.25) is 4.79 Å². The van der Waals surface area contributed by atoms with Crippen LogP contribution in [0.1, 0.15) is 72.1 Å². The van der Waals surface area contributed by atoms with Crippen LogP contribution in [0.2, 0.25) is 13.1 Å². The van der Waals surface area contributed by atoms with Crippen LogP contribution in [0.25, 0.3) is 0 Å². The van der Waals surface area contributed by atoms with E-state index in [2.05, 4.69) is 46.0 Å². The van der Waals surface area contributed by atoms with E-state index in [-0.39, 0.29) is 0 Å². The van der Waals surface area contributed by atoms with E-state index in [9.17, 15) is 4.79 Å². The van der Waals surface area contributed by atoms with Crippen molar-refractivity contribution in [3.8, 4) is 0 Å². The van der Waals surface area contributed by atoms with Crippen molar-refractivity contribution in [3.63, 3.8) is 0 Å². The van der Waals surface area contributed by atoms with Crippen molar-refractivity contribution in [2.75, 3.05) is 6.61 Å². The van der Waals surface area contributed by atoms with Crippen LogP contribution >= 0.6 is 0 Å². The summed E-state index contributed by atoms with van der Waals surface area (Å²) in [7, 11) is -0.841. The summed E-state index contributed by atoms with van der Waals surface area (Å²) in [6.07, 6.45) is 13.6. The Labute approximate surface area is 145 Å². The number of rotatable bonds is 9. The Balaban J connectivity index is 2.36. The van der Waals surface area contributed by atoms with Gasteiger partial charge in [0.25, 0.3) is 0 Å². The molecule has 0 bridgehead atoms. The van der Waals surface area contributed by atoms with Gasteiger partial charge in [0.15, 0.2) is 9.04 Å². The summed E-state index contributed by atoms with van der Waals surface area (Å²) in [6, 6.07) is 0. The first-order valence-corrected chi connectivity index (χ1v) is 12.4. The molecule has 1 aliphatic rings. The second-order valence-electron chi connectivity index (χ2n) is 8.52. The maximum absolute atomic E-state index is 11.6. The lowest BCUT2D eigenvalue weighted by Gasteiger charge is -2.29. The standard InChI is InChI=1S/C20H38O2Si/c1-20(2,3)18(11-7-6-8-15-22-23(4)5)14-13-17-10-9-12-19(21)16-17/h13-14,17-18,23H,6-12,15-16H2,1-5H3. The second-order valence-corrected chi connectivity index (χ2v) is 11.0. The molecule has 2 nitrogen and oxygen atoms in total. The van der Waals surface area contributed by atoms with Crippen molar-refractivity contribution in [1.82, 2.24) is 0 Å². The zero-order chi connectivity index (χ0) is 17.3. The summed E-state index contributed by atoms with van der Waals surface area (Å²) in [5, 5.41) is 0. The van der Waals surface area contributed by atoms with Gasteiger partial charge in [-0.15, -0.1) is 0 Å². The molecule has 0 saturated heterocycles. The van der Waals surface area contributed by atoms with Crippen LogP contribution in [0.3, 0.4) is 0 Å². The van der Waals surface area contributed by atoms with Gasteiger partial charge in [0, 0.05) is 19.4 Å². The summed E-state index contributed by atoms with van der Waals surface area (Å²) < 4.78 is 5.75. The average Bonchev–Trinajstić information content (AvgIpc) is 2.44. The van der Waals surface area contributed by atoms with Gasteiger partial charge in [0.2, 0.25) is 0 Å². The molecule has 3 heteroatoms. The number of hydrogen-bond acceptors (Lipinski definition) is 2. The molecule has 0 amide bonds. The maximum Gasteiger partial charge on any atom is 0.170 e. The highest BCUT2D eigenvalue weighted by molar-refractivity contribution is 6.48. The minimum atomic E-state index is -0.841. The highest BCUT2D eigenvalue weighted by Crippen LogP contribution is 2.33. The first-order chi connectivity index (χ1) is 10.8. The van der Waals surface area contributed by atoms with Gasteiger partial charge in [-0.25, -0.2) is 0 Å². The Morgan fingerprint density at radius 1 is 1.26 bits per heavy atom. The van der Waals surface area contributed by atoms with E-state index in [1.165, 1.54) is 32.1 Å². The lowest BCUT2D eigenvalue weighted by atomic mass is 9.76. The first-order valence-electron chi connectivity index (χ1n) is 9.60. The largest absolute Gasteiger partial charge is 0.421 e. The predicted molar refractivity (Wildman–Crippen MR) is 102 cm³/mol. The van der Waals surface area contributed by atoms with E-state index >= 15 is 0 Å². The normalized spacial score (nSPS) is 21.3. The Morgan fingerprint density at radius 2 is 2.00 bits per heavy atom. The van der Waals surface area contributed by atoms with Crippen molar-refractivity contribution >= 4 is 14.8 Å². The molecule has 1 aliphatic carbocycles. The van der Waals surface area contributed by atoms with E-state index in [1.807, 2.05) is 0 Å². The Bertz CT molecular complexity index is 368. The number of hydrogen-bond donors (Lipinski definition) is 0. The number of carbonyl (C=O) groups is 1. The molecule has 1 fully saturated rings. The molecule has 134 valence electrons. The number of unbranched alkanes of at least 4 members (excludes halogenated alkanes) is 2. The molecule has 0 radical (unpaired) electrons.